The number of rotatable bonds is 7. The van der Waals surface area contributed by atoms with Gasteiger partial charge in [0.05, 0.1) is 11.4 Å². The van der Waals surface area contributed by atoms with Gasteiger partial charge in [0, 0.05) is 7.05 Å². The molecule has 0 aromatic heterocycles. The number of sulfonamides is 1. The quantitative estimate of drug-likeness (QED) is 0.666. The predicted octanol–water partition coefficient (Wildman–Crippen LogP) is 1.06. The molecular formula is C18H20FN3O5S. The van der Waals surface area contributed by atoms with Gasteiger partial charge in [-0.05, 0) is 31.2 Å². The number of carbonyl (C=O) groups excluding carboxylic acids is 2. The number of carbonyl (C=O) groups is 2. The van der Waals surface area contributed by atoms with Crippen molar-refractivity contribution in [3.8, 4) is 5.75 Å². The van der Waals surface area contributed by atoms with Crippen molar-refractivity contribution in [1.29, 1.82) is 0 Å². The second-order valence-electron chi connectivity index (χ2n) is 5.80. The van der Waals surface area contributed by atoms with Crippen LogP contribution in [0.3, 0.4) is 0 Å². The van der Waals surface area contributed by atoms with Gasteiger partial charge in [0.15, 0.2) is 17.7 Å². The maximum Gasteiger partial charge on any atom is 0.279 e. The van der Waals surface area contributed by atoms with Crippen molar-refractivity contribution in [3.05, 3.63) is 60.4 Å². The minimum atomic E-state index is -3.84. The average Bonchev–Trinajstić information content (AvgIpc) is 2.68. The number of likely N-dealkylation sites (N-methyl/N-ethyl adjacent to an activating group) is 1. The normalized spacial score (nSPS) is 12.3. The topological polar surface area (TPSA) is 105 Å². The average molecular weight is 409 g/mol. The van der Waals surface area contributed by atoms with Gasteiger partial charge >= 0.3 is 0 Å². The molecule has 28 heavy (non-hydrogen) atoms. The number of hydrogen-bond acceptors (Lipinski definition) is 5. The highest BCUT2D eigenvalue weighted by molar-refractivity contribution is 7.89. The van der Waals surface area contributed by atoms with E-state index >= 15 is 0 Å². The molecule has 0 saturated carbocycles. The van der Waals surface area contributed by atoms with Crippen LogP contribution in [-0.4, -0.2) is 44.2 Å². The van der Waals surface area contributed by atoms with Crippen LogP contribution in [0.25, 0.3) is 0 Å². The summed E-state index contributed by atoms with van der Waals surface area (Å²) in [4.78, 5) is 23.9. The first kappa shape index (κ1) is 21.3. The first-order chi connectivity index (χ1) is 13.2. The first-order valence-corrected chi connectivity index (χ1v) is 9.67. The van der Waals surface area contributed by atoms with Crippen molar-refractivity contribution in [1.82, 2.24) is 15.2 Å². The van der Waals surface area contributed by atoms with Crippen molar-refractivity contribution in [3.63, 3.8) is 0 Å². The molecule has 2 rings (SSSR count). The molecule has 0 heterocycles. The lowest BCUT2D eigenvalue weighted by Gasteiger charge is -2.18. The van der Waals surface area contributed by atoms with Crippen LogP contribution in [0.4, 0.5) is 4.39 Å². The third-order valence-electron chi connectivity index (χ3n) is 3.65. The third kappa shape index (κ3) is 5.51. The van der Waals surface area contributed by atoms with Crippen LogP contribution in [0.2, 0.25) is 0 Å². The zero-order valence-electron chi connectivity index (χ0n) is 15.3. The highest BCUT2D eigenvalue weighted by atomic mass is 32.2. The molecule has 2 amide bonds. The summed E-state index contributed by atoms with van der Waals surface area (Å²) in [5.74, 6) is -2.22. The number of hydrazine groups is 1. The molecule has 1 atom stereocenters. The Morgan fingerprint density at radius 3 is 2.32 bits per heavy atom. The van der Waals surface area contributed by atoms with E-state index in [-0.39, 0.29) is 10.6 Å². The fraction of sp³-hybridized carbons (Fsp3) is 0.222. The third-order valence-corrected chi connectivity index (χ3v) is 5.47. The number of amides is 2. The van der Waals surface area contributed by atoms with Crippen molar-refractivity contribution in [2.75, 3.05) is 13.6 Å². The van der Waals surface area contributed by atoms with Crippen LogP contribution < -0.4 is 15.6 Å². The standard InChI is InChI=1S/C18H20FN3O5S/c1-13(27-16-11-7-6-10-15(16)19)18(24)21-20-17(23)12-22(2)28(25,26)14-8-4-3-5-9-14/h3-11,13H,12H2,1-2H3,(H,20,23)(H,21,24). The summed E-state index contributed by atoms with van der Waals surface area (Å²) in [6, 6.07) is 13.2. The van der Waals surface area contributed by atoms with Crippen molar-refractivity contribution in [2.24, 2.45) is 0 Å². The van der Waals surface area contributed by atoms with Gasteiger partial charge in [0.1, 0.15) is 0 Å². The van der Waals surface area contributed by atoms with Gasteiger partial charge in [-0.25, -0.2) is 12.8 Å². The van der Waals surface area contributed by atoms with Gasteiger partial charge in [-0.2, -0.15) is 4.31 Å². The van der Waals surface area contributed by atoms with E-state index in [1.807, 2.05) is 0 Å². The second-order valence-corrected chi connectivity index (χ2v) is 7.85. The number of nitrogens with zero attached hydrogens (tertiary/aromatic N) is 1. The molecule has 0 spiro atoms. The van der Waals surface area contributed by atoms with Gasteiger partial charge in [0.2, 0.25) is 10.0 Å². The van der Waals surface area contributed by atoms with Gasteiger partial charge < -0.3 is 4.74 Å². The fourth-order valence-corrected chi connectivity index (χ4v) is 3.26. The summed E-state index contributed by atoms with van der Waals surface area (Å²) in [5.41, 5.74) is 4.21. The Balaban J connectivity index is 1.86. The molecule has 0 aliphatic rings. The molecule has 2 aromatic carbocycles. The van der Waals surface area contributed by atoms with Crippen molar-refractivity contribution < 1.29 is 27.1 Å². The van der Waals surface area contributed by atoms with Crippen LogP contribution in [-0.2, 0) is 19.6 Å². The van der Waals surface area contributed by atoms with E-state index in [0.717, 1.165) is 4.31 Å². The molecule has 0 fully saturated rings. The van der Waals surface area contributed by atoms with Gasteiger partial charge in [0.25, 0.3) is 11.8 Å². The molecular weight excluding hydrogens is 389 g/mol. The molecule has 2 aromatic rings. The van der Waals surface area contributed by atoms with E-state index in [1.165, 1.54) is 44.3 Å². The van der Waals surface area contributed by atoms with E-state index < -0.39 is 40.3 Å². The number of benzene rings is 2. The number of hydrogen-bond donors (Lipinski definition) is 2. The maximum absolute atomic E-state index is 13.5. The van der Waals surface area contributed by atoms with Gasteiger partial charge in [-0.15, -0.1) is 0 Å². The van der Waals surface area contributed by atoms with E-state index in [1.54, 1.807) is 24.3 Å². The summed E-state index contributed by atoms with van der Waals surface area (Å²) in [6.07, 6.45) is -1.09. The Morgan fingerprint density at radius 1 is 1.07 bits per heavy atom. The lowest BCUT2D eigenvalue weighted by atomic mass is 10.3. The summed E-state index contributed by atoms with van der Waals surface area (Å²) in [7, 11) is -2.60. The second kappa shape index (κ2) is 9.29. The number of para-hydroxylation sites is 1. The van der Waals surface area contributed by atoms with E-state index in [9.17, 15) is 22.4 Å². The van der Waals surface area contributed by atoms with E-state index in [0.29, 0.717) is 0 Å². The Hall–Kier alpha value is -2.98. The minimum Gasteiger partial charge on any atom is -0.478 e. The largest absolute Gasteiger partial charge is 0.478 e. The summed E-state index contributed by atoms with van der Waals surface area (Å²) in [6.45, 7) is 0.861. The van der Waals surface area contributed by atoms with Crippen LogP contribution in [0.5, 0.6) is 5.75 Å². The Kier molecular flexibility index (Phi) is 7.07. The smallest absolute Gasteiger partial charge is 0.279 e. The van der Waals surface area contributed by atoms with Gasteiger partial charge in [-0.1, -0.05) is 30.3 Å². The molecule has 1 unspecified atom stereocenters. The summed E-state index contributed by atoms with van der Waals surface area (Å²) in [5, 5.41) is 0. The van der Waals surface area contributed by atoms with Crippen LogP contribution in [0.15, 0.2) is 59.5 Å². The number of halogens is 1. The first-order valence-electron chi connectivity index (χ1n) is 8.23. The SMILES string of the molecule is CC(Oc1ccccc1F)C(=O)NNC(=O)CN(C)S(=O)(=O)c1ccccc1. The van der Waals surface area contributed by atoms with E-state index in [4.69, 9.17) is 4.74 Å². The highest BCUT2D eigenvalue weighted by Crippen LogP contribution is 2.17. The molecule has 150 valence electrons. The lowest BCUT2D eigenvalue weighted by molar-refractivity contribution is -0.132. The Labute approximate surface area is 162 Å². The molecule has 0 radical (unpaired) electrons. The Bertz CT molecular complexity index is 937. The predicted molar refractivity (Wildman–Crippen MR) is 99.0 cm³/mol. The van der Waals surface area contributed by atoms with Crippen LogP contribution >= 0.6 is 0 Å². The van der Waals surface area contributed by atoms with Crippen LogP contribution in [0.1, 0.15) is 6.92 Å². The monoisotopic (exact) mass is 409 g/mol. The maximum atomic E-state index is 13.5. The van der Waals surface area contributed by atoms with Gasteiger partial charge in [-0.3, -0.25) is 20.4 Å². The number of ether oxygens (including phenoxy) is 1. The highest BCUT2D eigenvalue weighted by Gasteiger charge is 2.23. The molecule has 2 N–H and O–H groups in total. The summed E-state index contributed by atoms with van der Waals surface area (Å²) >= 11 is 0. The molecule has 0 aliphatic heterocycles. The molecule has 0 bridgehead atoms. The van der Waals surface area contributed by atoms with Crippen molar-refractivity contribution in [2.45, 2.75) is 17.9 Å². The molecule has 0 aliphatic carbocycles. The van der Waals surface area contributed by atoms with Crippen molar-refractivity contribution >= 4 is 21.8 Å². The number of nitrogens with one attached hydrogen (secondary N) is 2. The molecule has 8 nitrogen and oxygen atoms in total. The lowest BCUT2D eigenvalue weighted by Crippen LogP contribution is -2.50. The fourth-order valence-electron chi connectivity index (χ4n) is 2.12. The molecule has 0 saturated heterocycles. The molecule has 10 heteroatoms. The zero-order chi connectivity index (χ0) is 20.7. The Morgan fingerprint density at radius 2 is 1.68 bits per heavy atom. The minimum absolute atomic E-state index is 0.0428. The van der Waals surface area contributed by atoms with Crippen LogP contribution in [0, 0.1) is 5.82 Å². The zero-order valence-corrected chi connectivity index (χ0v) is 16.1. The summed E-state index contributed by atoms with van der Waals surface area (Å²) < 4.78 is 44.3. The van der Waals surface area contributed by atoms with E-state index in [2.05, 4.69) is 10.9 Å².